The third-order valence-electron chi connectivity index (χ3n) is 2.38. The summed E-state index contributed by atoms with van der Waals surface area (Å²) in [5, 5.41) is 8.62. The Morgan fingerprint density at radius 3 is 2.56 bits per heavy atom. The zero-order valence-electron chi connectivity index (χ0n) is 9.74. The van der Waals surface area contributed by atoms with Gasteiger partial charge in [0.1, 0.15) is 12.4 Å². The fourth-order valence-electron chi connectivity index (χ4n) is 1.50. The van der Waals surface area contributed by atoms with Crippen molar-refractivity contribution in [3.63, 3.8) is 0 Å². The van der Waals surface area contributed by atoms with Gasteiger partial charge in [-0.1, -0.05) is 30.3 Å². The second-order valence-electron chi connectivity index (χ2n) is 3.83. The van der Waals surface area contributed by atoms with Gasteiger partial charge in [-0.15, -0.1) is 0 Å². The minimum atomic E-state index is -0.888. The van der Waals surface area contributed by atoms with Crippen LogP contribution in [0.2, 0.25) is 0 Å². The van der Waals surface area contributed by atoms with Gasteiger partial charge in [0.2, 0.25) is 0 Å². The molecule has 1 N–H and O–H groups in total. The Labute approximate surface area is 105 Å². The summed E-state index contributed by atoms with van der Waals surface area (Å²) in [5.41, 5.74) is 1.60. The van der Waals surface area contributed by atoms with Gasteiger partial charge in [-0.2, -0.15) is 0 Å². The van der Waals surface area contributed by atoms with Crippen LogP contribution < -0.4 is 4.74 Å². The molecule has 1 aromatic carbocycles. The molecule has 0 aliphatic carbocycles. The van der Waals surface area contributed by atoms with E-state index in [2.05, 4.69) is 4.98 Å². The van der Waals surface area contributed by atoms with Crippen LogP contribution in [0.4, 0.5) is 0 Å². The molecule has 4 heteroatoms. The fourth-order valence-corrected chi connectivity index (χ4v) is 1.50. The molecule has 0 atom stereocenters. The predicted octanol–water partition coefficient (Wildman–Crippen LogP) is 2.29. The van der Waals surface area contributed by atoms with Gasteiger partial charge in [0.25, 0.3) is 0 Å². The zero-order valence-corrected chi connectivity index (χ0v) is 9.74. The van der Waals surface area contributed by atoms with Gasteiger partial charge in [-0.3, -0.25) is 9.78 Å². The number of hydrogen-bond acceptors (Lipinski definition) is 3. The van der Waals surface area contributed by atoms with E-state index in [1.807, 2.05) is 30.3 Å². The van der Waals surface area contributed by atoms with Crippen LogP contribution in [0, 0.1) is 0 Å². The lowest BCUT2D eigenvalue weighted by Gasteiger charge is -2.06. The van der Waals surface area contributed by atoms with E-state index in [-0.39, 0.29) is 6.42 Å². The smallest absolute Gasteiger partial charge is 0.309 e. The molecule has 0 aliphatic heterocycles. The first-order chi connectivity index (χ1) is 8.74. The molecule has 0 saturated carbocycles. The molecule has 0 saturated heterocycles. The highest BCUT2D eigenvalue weighted by Crippen LogP contribution is 2.12. The van der Waals surface area contributed by atoms with Crippen LogP contribution in [0.15, 0.2) is 48.7 Å². The Morgan fingerprint density at radius 2 is 1.94 bits per heavy atom. The summed E-state index contributed by atoms with van der Waals surface area (Å²) in [6, 6.07) is 13.2. The zero-order chi connectivity index (χ0) is 12.8. The second kappa shape index (κ2) is 5.82. The van der Waals surface area contributed by atoms with Gasteiger partial charge in [-0.05, 0) is 17.7 Å². The third kappa shape index (κ3) is 3.59. The van der Waals surface area contributed by atoms with E-state index >= 15 is 0 Å². The Hall–Kier alpha value is -2.36. The summed E-state index contributed by atoms with van der Waals surface area (Å²) in [5.74, 6) is -0.256. The Balaban J connectivity index is 1.92. The van der Waals surface area contributed by atoms with Gasteiger partial charge < -0.3 is 9.84 Å². The van der Waals surface area contributed by atoms with Crippen LogP contribution in [-0.2, 0) is 17.8 Å². The Morgan fingerprint density at radius 1 is 1.17 bits per heavy atom. The summed E-state index contributed by atoms with van der Waals surface area (Å²) < 4.78 is 5.54. The van der Waals surface area contributed by atoms with E-state index in [1.165, 1.54) is 0 Å². The first kappa shape index (κ1) is 12.1. The van der Waals surface area contributed by atoms with Crippen molar-refractivity contribution >= 4 is 5.97 Å². The SMILES string of the molecule is O=C(O)Cc1ccc(OCc2ccccc2)cn1. The largest absolute Gasteiger partial charge is 0.487 e. The molecule has 92 valence electrons. The quantitative estimate of drug-likeness (QED) is 0.875. The lowest BCUT2D eigenvalue weighted by Crippen LogP contribution is -2.02. The van der Waals surface area contributed by atoms with E-state index in [0.717, 1.165) is 5.56 Å². The van der Waals surface area contributed by atoms with E-state index in [4.69, 9.17) is 9.84 Å². The molecular formula is C14H13NO3. The lowest BCUT2D eigenvalue weighted by atomic mass is 10.2. The standard InChI is InChI=1S/C14H13NO3/c16-14(17)8-12-6-7-13(9-15-12)18-10-11-4-2-1-3-5-11/h1-7,9H,8,10H2,(H,16,17). The van der Waals surface area contributed by atoms with Crippen molar-refractivity contribution in [2.24, 2.45) is 0 Å². The van der Waals surface area contributed by atoms with Crippen molar-refractivity contribution in [1.29, 1.82) is 0 Å². The summed E-state index contributed by atoms with van der Waals surface area (Å²) in [7, 11) is 0. The molecule has 0 spiro atoms. The number of rotatable bonds is 5. The molecule has 2 aromatic rings. The Bertz CT molecular complexity index is 508. The molecule has 1 heterocycles. The average Bonchev–Trinajstić information content (AvgIpc) is 2.38. The van der Waals surface area contributed by atoms with Crippen LogP contribution in [0.5, 0.6) is 5.75 Å². The second-order valence-corrected chi connectivity index (χ2v) is 3.83. The number of pyridine rings is 1. The molecule has 0 fully saturated rings. The summed E-state index contributed by atoms with van der Waals surface area (Å²) >= 11 is 0. The highest BCUT2D eigenvalue weighted by atomic mass is 16.5. The number of ether oxygens (including phenoxy) is 1. The van der Waals surface area contributed by atoms with Gasteiger partial charge in [0.15, 0.2) is 0 Å². The van der Waals surface area contributed by atoms with E-state index in [9.17, 15) is 4.79 Å². The molecule has 0 bridgehead atoms. The predicted molar refractivity (Wildman–Crippen MR) is 66.4 cm³/mol. The van der Waals surface area contributed by atoms with Crippen molar-refractivity contribution in [3.05, 3.63) is 59.9 Å². The monoisotopic (exact) mass is 243 g/mol. The number of nitrogens with zero attached hydrogens (tertiary/aromatic N) is 1. The lowest BCUT2D eigenvalue weighted by molar-refractivity contribution is -0.136. The summed E-state index contributed by atoms with van der Waals surface area (Å²) in [4.78, 5) is 14.5. The molecule has 1 aromatic heterocycles. The number of carboxylic acids is 1. The molecule has 0 amide bonds. The van der Waals surface area contributed by atoms with Crippen LogP contribution in [-0.4, -0.2) is 16.1 Å². The van der Waals surface area contributed by atoms with Crippen molar-refractivity contribution in [2.75, 3.05) is 0 Å². The first-order valence-corrected chi connectivity index (χ1v) is 5.57. The topological polar surface area (TPSA) is 59.4 Å². The highest BCUT2D eigenvalue weighted by molar-refractivity contribution is 5.69. The maximum atomic E-state index is 10.5. The molecule has 4 nitrogen and oxygen atoms in total. The highest BCUT2D eigenvalue weighted by Gasteiger charge is 2.02. The maximum absolute atomic E-state index is 10.5. The van der Waals surface area contributed by atoms with Gasteiger partial charge in [-0.25, -0.2) is 0 Å². The van der Waals surface area contributed by atoms with Crippen molar-refractivity contribution in [1.82, 2.24) is 4.98 Å². The van der Waals surface area contributed by atoms with Crippen LogP contribution in [0.25, 0.3) is 0 Å². The van der Waals surface area contributed by atoms with Crippen LogP contribution in [0.3, 0.4) is 0 Å². The molecule has 0 aliphatic rings. The number of aliphatic carboxylic acids is 1. The Kier molecular flexibility index (Phi) is 3.91. The van der Waals surface area contributed by atoms with E-state index in [1.54, 1.807) is 18.3 Å². The molecule has 0 radical (unpaired) electrons. The fraction of sp³-hybridized carbons (Fsp3) is 0.143. The molecule has 0 unspecified atom stereocenters. The van der Waals surface area contributed by atoms with Crippen molar-refractivity contribution < 1.29 is 14.6 Å². The van der Waals surface area contributed by atoms with Crippen molar-refractivity contribution in [2.45, 2.75) is 13.0 Å². The van der Waals surface area contributed by atoms with E-state index < -0.39 is 5.97 Å². The number of hydrogen-bond donors (Lipinski definition) is 1. The molecule has 18 heavy (non-hydrogen) atoms. The maximum Gasteiger partial charge on any atom is 0.309 e. The third-order valence-corrected chi connectivity index (χ3v) is 2.38. The van der Waals surface area contributed by atoms with Crippen LogP contribution in [0.1, 0.15) is 11.3 Å². The number of benzene rings is 1. The average molecular weight is 243 g/mol. The minimum Gasteiger partial charge on any atom is -0.487 e. The van der Waals surface area contributed by atoms with E-state index in [0.29, 0.717) is 18.1 Å². The van der Waals surface area contributed by atoms with Gasteiger partial charge in [0, 0.05) is 0 Å². The number of aromatic nitrogens is 1. The summed E-state index contributed by atoms with van der Waals surface area (Å²) in [6.45, 7) is 0.473. The molecular weight excluding hydrogens is 230 g/mol. The summed E-state index contributed by atoms with van der Waals surface area (Å²) in [6.07, 6.45) is 1.47. The number of carboxylic acid groups (broad SMARTS) is 1. The first-order valence-electron chi connectivity index (χ1n) is 5.57. The van der Waals surface area contributed by atoms with Crippen LogP contribution >= 0.6 is 0 Å². The molecule has 2 rings (SSSR count). The number of carbonyl (C=O) groups is 1. The van der Waals surface area contributed by atoms with Crippen molar-refractivity contribution in [3.8, 4) is 5.75 Å². The normalized spacial score (nSPS) is 10.0. The minimum absolute atomic E-state index is 0.0705. The van der Waals surface area contributed by atoms with Gasteiger partial charge in [0.05, 0.1) is 18.3 Å². The van der Waals surface area contributed by atoms with Gasteiger partial charge >= 0.3 is 5.97 Å².